The number of aromatic nitrogens is 1. The quantitative estimate of drug-likeness (QED) is 0.834. The molecule has 2 rings (SSSR count). The number of rotatable bonds is 7. The number of ether oxygens (including phenoxy) is 1. The van der Waals surface area contributed by atoms with Gasteiger partial charge in [-0.25, -0.2) is 4.98 Å². The number of likely N-dealkylation sites (N-methyl/N-ethyl adjacent to an activating group) is 1. The van der Waals surface area contributed by atoms with E-state index in [1.807, 2.05) is 11.3 Å². The number of aryl methyl sites for hydroxylation is 2. The van der Waals surface area contributed by atoms with Gasteiger partial charge in [0.2, 0.25) is 0 Å². The Balaban J connectivity index is 2.16. The summed E-state index contributed by atoms with van der Waals surface area (Å²) in [4.78, 5) is 6.06. The molecule has 0 saturated heterocycles. The van der Waals surface area contributed by atoms with E-state index < -0.39 is 0 Å². The van der Waals surface area contributed by atoms with Crippen molar-refractivity contribution in [3.05, 3.63) is 15.6 Å². The van der Waals surface area contributed by atoms with Crippen molar-refractivity contribution in [2.45, 2.75) is 71.4 Å². The van der Waals surface area contributed by atoms with E-state index in [2.05, 4.69) is 33.0 Å². The van der Waals surface area contributed by atoms with Gasteiger partial charge in [-0.2, -0.15) is 0 Å². The predicted octanol–water partition coefficient (Wildman–Crippen LogP) is 3.63. The first kappa shape index (κ1) is 15.9. The Labute approximate surface area is 127 Å². The van der Waals surface area contributed by atoms with Crippen LogP contribution in [-0.2, 0) is 11.2 Å². The van der Waals surface area contributed by atoms with Crippen LogP contribution in [-0.4, -0.2) is 29.8 Å². The summed E-state index contributed by atoms with van der Waals surface area (Å²) in [5.74, 6) is 0. The lowest BCUT2D eigenvalue weighted by Crippen LogP contribution is -2.52. The molecule has 0 amide bonds. The SMILES string of the molecule is CCNC(Cc1nc(C)c(C)s1)C1(OCC)CCCC1. The van der Waals surface area contributed by atoms with E-state index in [9.17, 15) is 0 Å². The number of hydrogen-bond donors (Lipinski definition) is 1. The summed E-state index contributed by atoms with van der Waals surface area (Å²) in [6.45, 7) is 10.3. The molecule has 0 bridgehead atoms. The van der Waals surface area contributed by atoms with Crippen molar-refractivity contribution < 1.29 is 4.74 Å². The molecule has 0 aromatic carbocycles. The maximum absolute atomic E-state index is 6.23. The fraction of sp³-hybridized carbons (Fsp3) is 0.812. The Morgan fingerprint density at radius 3 is 2.50 bits per heavy atom. The molecule has 0 aliphatic heterocycles. The molecule has 1 heterocycles. The van der Waals surface area contributed by atoms with Crippen LogP contribution in [0.5, 0.6) is 0 Å². The summed E-state index contributed by atoms with van der Waals surface area (Å²) in [5.41, 5.74) is 1.20. The normalized spacial score (nSPS) is 19.4. The summed E-state index contributed by atoms with van der Waals surface area (Å²) >= 11 is 1.84. The zero-order valence-electron chi connectivity index (χ0n) is 13.3. The highest BCUT2D eigenvalue weighted by Gasteiger charge is 2.42. The molecule has 1 aliphatic carbocycles. The summed E-state index contributed by atoms with van der Waals surface area (Å²) < 4.78 is 6.23. The largest absolute Gasteiger partial charge is 0.374 e. The molecule has 1 aliphatic rings. The fourth-order valence-corrected chi connectivity index (χ4v) is 4.33. The molecule has 1 N–H and O–H groups in total. The van der Waals surface area contributed by atoms with Gasteiger partial charge in [0.15, 0.2) is 0 Å². The van der Waals surface area contributed by atoms with Crippen molar-refractivity contribution >= 4 is 11.3 Å². The lowest BCUT2D eigenvalue weighted by Gasteiger charge is -2.37. The standard InChI is InChI=1S/C16H28N2OS/c1-5-17-14(11-15-18-12(3)13(4)20-15)16(19-6-2)9-7-8-10-16/h14,17H,5-11H2,1-4H3. The van der Waals surface area contributed by atoms with Gasteiger partial charge >= 0.3 is 0 Å². The molecule has 114 valence electrons. The number of nitrogens with zero attached hydrogens (tertiary/aromatic N) is 1. The second kappa shape index (κ2) is 7.01. The summed E-state index contributed by atoms with van der Waals surface area (Å²) in [6.07, 6.45) is 5.94. The van der Waals surface area contributed by atoms with Crippen molar-refractivity contribution in [2.75, 3.05) is 13.2 Å². The smallest absolute Gasteiger partial charge is 0.0947 e. The molecule has 4 heteroatoms. The zero-order valence-corrected chi connectivity index (χ0v) is 14.1. The van der Waals surface area contributed by atoms with E-state index >= 15 is 0 Å². The molecular weight excluding hydrogens is 268 g/mol. The molecule has 1 fully saturated rings. The van der Waals surface area contributed by atoms with Crippen LogP contribution in [0.3, 0.4) is 0 Å². The number of hydrogen-bond acceptors (Lipinski definition) is 4. The molecule has 20 heavy (non-hydrogen) atoms. The average Bonchev–Trinajstić information content (AvgIpc) is 2.99. The van der Waals surface area contributed by atoms with Crippen LogP contribution >= 0.6 is 11.3 Å². The lowest BCUT2D eigenvalue weighted by atomic mass is 9.89. The summed E-state index contributed by atoms with van der Waals surface area (Å²) in [7, 11) is 0. The fourth-order valence-electron chi connectivity index (χ4n) is 3.35. The first-order chi connectivity index (χ1) is 9.61. The first-order valence-corrected chi connectivity index (χ1v) is 8.73. The minimum atomic E-state index is 0.0260. The topological polar surface area (TPSA) is 34.2 Å². The molecule has 1 saturated carbocycles. The zero-order chi connectivity index (χ0) is 14.6. The monoisotopic (exact) mass is 296 g/mol. The average molecular weight is 296 g/mol. The Morgan fingerprint density at radius 2 is 2.00 bits per heavy atom. The molecule has 1 atom stereocenters. The van der Waals surface area contributed by atoms with Crippen LogP contribution < -0.4 is 5.32 Å². The van der Waals surface area contributed by atoms with E-state index in [0.29, 0.717) is 6.04 Å². The minimum absolute atomic E-state index is 0.0260. The van der Waals surface area contributed by atoms with E-state index in [-0.39, 0.29) is 5.60 Å². The molecule has 1 unspecified atom stereocenters. The van der Waals surface area contributed by atoms with Gasteiger partial charge in [0.25, 0.3) is 0 Å². The van der Waals surface area contributed by atoms with Crippen LogP contribution in [0, 0.1) is 13.8 Å². The van der Waals surface area contributed by atoms with E-state index in [4.69, 9.17) is 9.72 Å². The third-order valence-corrected chi connectivity index (χ3v) is 5.51. The van der Waals surface area contributed by atoms with Crippen molar-refractivity contribution in [2.24, 2.45) is 0 Å². The lowest BCUT2D eigenvalue weighted by molar-refractivity contribution is -0.0609. The van der Waals surface area contributed by atoms with Crippen LogP contribution in [0.1, 0.15) is 55.1 Å². The summed E-state index contributed by atoms with van der Waals surface area (Å²) in [5, 5.41) is 4.92. The van der Waals surface area contributed by atoms with Crippen molar-refractivity contribution in [3.63, 3.8) is 0 Å². The van der Waals surface area contributed by atoms with Crippen molar-refractivity contribution in [1.29, 1.82) is 0 Å². The number of thiazole rings is 1. The van der Waals surface area contributed by atoms with Crippen molar-refractivity contribution in [3.8, 4) is 0 Å². The van der Waals surface area contributed by atoms with Gasteiger partial charge in [-0.3, -0.25) is 0 Å². The first-order valence-electron chi connectivity index (χ1n) is 7.91. The Kier molecular flexibility index (Phi) is 5.58. The van der Waals surface area contributed by atoms with Crippen molar-refractivity contribution in [1.82, 2.24) is 10.3 Å². The maximum Gasteiger partial charge on any atom is 0.0947 e. The highest BCUT2D eigenvalue weighted by Crippen LogP contribution is 2.37. The predicted molar refractivity (Wildman–Crippen MR) is 85.6 cm³/mol. The van der Waals surface area contributed by atoms with Gasteiger partial charge in [0.1, 0.15) is 0 Å². The highest BCUT2D eigenvalue weighted by molar-refractivity contribution is 7.11. The summed E-state index contributed by atoms with van der Waals surface area (Å²) in [6, 6.07) is 0.389. The Bertz CT molecular complexity index is 405. The van der Waals surface area contributed by atoms with Crippen LogP contribution in [0.4, 0.5) is 0 Å². The van der Waals surface area contributed by atoms with Gasteiger partial charge in [0.05, 0.1) is 16.3 Å². The van der Waals surface area contributed by atoms with Gasteiger partial charge in [-0.05, 0) is 40.2 Å². The minimum Gasteiger partial charge on any atom is -0.374 e. The molecule has 1 aromatic rings. The van der Waals surface area contributed by atoms with Crippen LogP contribution in [0.25, 0.3) is 0 Å². The van der Waals surface area contributed by atoms with Crippen LogP contribution in [0.15, 0.2) is 0 Å². The third-order valence-electron chi connectivity index (χ3n) is 4.42. The van der Waals surface area contributed by atoms with Gasteiger partial charge in [0, 0.05) is 23.9 Å². The molecule has 0 spiro atoms. The van der Waals surface area contributed by atoms with E-state index in [1.165, 1.54) is 41.3 Å². The molecular formula is C16H28N2OS. The molecule has 1 aromatic heterocycles. The second-order valence-electron chi connectivity index (χ2n) is 5.77. The van der Waals surface area contributed by atoms with Gasteiger partial charge in [-0.15, -0.1) is 11.3 Å². The van der Waals surface area contributed by atoms with E-state index in [0.717, 1.165) is 19.6 Å². The Morgan fingerprint density at radius 1 is 1.30 bits per heavy atom. The number of nitrogens with one attached hydrogen (secondary N) is 1. The second-order valence-corrected chi connectivity index (χ2v) is 7.06. The highest BCUT2D eigenvalue weighted by atomic mass is 32.1. The molecule has 0 radical (unpaired) electrons. The van der Waals surface area contributed by atoms with Gasteiger partial charge < -0.3 is 10.1 Å². The third kappa shape index (κ3) is 3.41. The Hall–Kier alpha value is -0.450. The van der Waals surface area contributed by atoms with E-state index in [1.54, 1.807) is 0 Å². The van der Waals surface area contributed by atoms with Crippen LogP contribution in [0.2, 0.25) is 0 Å². The molecule has 3 nitrogen and oxygen atoms in total. The van der Waals surface area contributed by atoms with Gasteiger partial charge in [-0.1, -0.05) is 19.8 Å². The maximum atomic E-state index is 6.23.